The summed E-state index contributed by atoms with van der Waals surface area (Å²) in [5.41, 5.74) is 0.325. The Morgan fingerprint density at radius 3 is 2.77 bits per heavy atom. The topological polar surface area (TPSA) is 77.8 Å². The summed E-state index contributed by atoms with van der Waals surface area (Å²) in [6, 6.07) is 8.23. The Labute approximate surface area is 135 Å². The van der Waals surface area contributed by atoms with Crippen molar-refractivity contribution in [3.05, 3.63) is 52.4 Å². The Morgan fingerprint density at radius 2 is 2.14 bits per heavy atom. The van der Waals surface area contributed by atoms with Gasteiger partial charge < -0.3 is 19.2 Å². The molecule has 0 aliphatic heterocycles. The van der Waals surface area contributed by atoms with Crippen molar-refractivity contribution in [3.63, 3.8) is 0 Å². The largest absolute Gasteiger partial charge is 0.496 e. The van der Waals surface area contributed by atoms with Gasteiger partial charge in [-0.2, -0.15) is 0 Å². The first kappa shape index (κ1) is 16.1. The molecule has 0 saturated carbocycles. The molecule has 0 aliphatic carbocycles. The molecule has 0 bridgehead atoms. The predicted molar refractivity (Wildman–Crippen MR) is 81.5 cm³/mol. The lowest BCUT2D eigenvalue weighted by atomic mass is 10.2. The molecular weight excluding hydrogens is 354 g/mol. The quantitative estimate of drug-likeness (QED) is 0.793. The van der Waals surface area contributed by atoms with Gasteiger partial charge in [0, 0.05) is 0 Å². The SMILES string of the molecule is COc1ccc(C(=O)OCC(=O)NCc2ccco2)cc1Br. The van der Waals surface area contributed by atoms with E-state index in [4.69, 9.17) is 13.9 Å². The zero-order valence-corrected chi connectivity index (χ0v) is 13.4. The molecule has 0 aliphatic rings. The lowest BCUT2D eigenvalue weighted by molar-refractivity contribution is -0.124. The lowest BCUT2D eigenvalue weighted by Gasteiger charge is -2.07. The predicted octanol–water partition coefficient (Wildman–Crippen LogP) is 2.52. The highest BCUT2D eigenvalue weighted by Crippen LogP contribution is 2.25. The molecule has 0 fully saturated rings. The van der Waals surface area contributed by atoms with E-state index in [1.54, 1.807) is 30.3 Å². The Balaban J connectivity index is 1.81. The number of carbonyl (C=O) groups is 2. The molecule has 6 nitrogen and oxygen atoms in total. The van der Waals surface area contributed by atoms with E-state index in [0.717, 1.165) is 0 Å². The second-order valence-corrected chi connectivity index (χ2v) is 5.14. The third kappa shape index (κ3) is 4.36. The number of halogens is 1. The van der Waals surface area contributed by atoms with Gasteiger partial charge in [-0.15, -0.1) is 0 Å². The van der Waals surface area contributed by atoms with Crippen LogP contribution in [-0.4, -0.2) is 25.6 Å². The summed E-state index contributed by atoms with van der Waals surface area (Å²) in [7, 11) is 1.53. The molecule has 1 amide bonds. The first-order chi connectivity index (χ1) is 10.6. The van der Waals surface area contributed by atoms with Crippen LogP contribution in [0.15, 0.2) is 45.5 Å². The Bertz CT molecular complexity index is 654. The van der Waals surface area contributed by atoms with Crippen molar-refractivity contribution in [1.29, 1.82) is 0 Å². The number of ether oxygens (including phenoxy) is 2. The van der Waals surface area contributed by atoms with Gasteiger partial charge in [-0.05, 0) is 46.3 Å². The third-order valence-corrected chi connectivity index (χ3v) is 3.38. The number of esters is 1. The van der Waals surface area contributed by atoms with Crippen LogP contribution in [-0.2, 0) is 16.1 Å². The van der Waals surface area contributed by atoms with Crippen LogP contribution in [0.3, 0.4) is 0 Å². The number of methoxy groups -OCH3 is 1. The first-order valence-electron chi connectivity index (χ1n) is 6.40. The average Bonchev–Trinajstić information content (AvgIpc) is 3.03. The van der Waals surface area contributed by atoms with Crippen molar-refractivity contribution in [3.8, 4) is 5.75 Å². The van der Waals surface area contributed by atoms with E-state index >= 15 is 0 Å². The molecule has 0 saturated heterocycles. The Hall–Kier alpha value is -2.28. The normalized spacial score (nSPS) is 10.1. The van der Waals surface area contributed by atoms with Gasteiger partial charge in [0.15, 0.2) is 6.61 Å². The van der Waals surface area contributed by atoms with Gasteiger partial charge in [-0.3, -0.25) is 4.79 Å². The standard InChI is InChI=1S/C15H14BrNO5/c1-20-13-5-4-10(7-12(13)16)15(19)22-9-14(18)17-8-11-3-2-6-21-11/h2-7H,8-9H2,1H3,(H,17,18). The van der Waals surface area contributed by atoms with E-state index in [2.05, 4.69) is 21.2 Å². The summed E-state index contributed by atoms with van der Waals surface area (Å²) < 4.78 is 15.7. The maximum atomic E-state index is 11.9. The molecule has 0 spiro atoms. The zero-order valence-electron chi connectivity index (χ0n) is 11.8. The van der Waals surface area contributed by atoms with Crippen LogP contribution in [0.5, 0.6) is 5.75 Å². The van der Waals surface area contributed by atoms with Crippen LogP contribution < -0.4 is 10.1 Å². The second kappa shape index (κ2) is 7.65. The van der Waals surface area contributed by atoms with Crippen LogP contribution in [0, 0.1) is 0 Å². The highest BCUT2D eigenvalue weighted by Gasteiger charge is 2.12. The lowest BCUT2D eigenvalue weighted by Crippen LogP contribution is -2.28. The monoisotopic (exact) mass is 367 g/mol. The minimum absolute atomic E-state index is 0.247. The average molecular weight is 368 g/mol. The van der Waals surface area contributed by atoms with E-state index in [-0.39, 0.29) is 13.2 Å². The fraction of sp³-hybridized carbons (Fsp3) is 0.200. The fourth-order valence-electron chi connectivity index (χ4n) is 1.66. The van der Waals surface area contributed by atoms with Crippen molar-refractivity contribution in [2.45, 2.75) is 6.54 Å². The van der Waals surface area contributed by atoms with Crippen LogP contribution in [0.1, 0.15) is 16.1 Å². The number of hydrogen-bond acceptors (Lipinski definition) is 5. The van der Waals surface area contributed by atoms with Crippen molar-refractivity contribution < 1.29 is 23.5 Å². The zero-order chi connectivity index (χ0) is 15.9. The summed E-state index contributed by atoms with van der Waals surface area (Å²) in [5.74, 6) is 0.236. The molecule has 1 N–H and O–H groups in total. The van der Waals surface area contributed by atoms with Gasteiger partial charge in [0.1, 0.15) is 11.5 Å². The summed E-state index contributed by atoms with van der Waals surface area (Å²) >= 11 is 3.28. The van der Waals surface area contributed by atoms with Crippen molar-refractivity contribution >= 4 is 27.8 Å². The highest BCUT2D eigenvalue weighted by molar-refractivity contribution is 9.10. The van der Waals surface area contributed by atoms with Gasteiger partial charge in [-0.1, -0.05) is 0 Å². The smallest absolute Gasteiger partial charge is 0.338 e. The van der Waals surface area contributed by atoms with Crippen LogP contribution >= 0.6 is 15.9 Å². The van der Waals surface area contributed by atoms with E-state index in [0.29, 0.717) is 21.5 Å². The minimum atomic E-state index is -0.587. The molecule has 0 radical (unpaired) electrons. The Morgan fingerprint density at radius 1 is 1.32 bits per heavy atom. The van der Waals surface area contributed by atoms with Gasteiger partial charge in [0.2, 0.25) is 0 Å². The van der Waals surface area contributed by atoms with E-state index < -0.39 is 11.9 Å². The number of carbonyl (C=O) groups excluding carboxylic acids is 2. The highest BCUT2D eigenvalue weighted by atomic mass is 79.9. The van der Waals surface area contributed by atoms with Crippen LogP contribution in [0.25, 0.3) is 0 Å². The summed E-state index contributed by atoms with van der Waals surface area (Å²) in [4.78, 5) is 23.4. The fourth-order valence-corrected chi connectivity index (χ4v) is 2.20. The van der Waals surface area contributed by atoms with Crippen molar-refractivity contribution in [1.82, 2.24) is 5.32 Å². The van der Waals surface area contributed by atoms with Crippen LogP contribution in [0.4, 0.5) is 0 Å². The second-order valence-electron chi connectivity index (χ2n) is 4.28. The van der Waals surface area contributed by atoms with Crippen molar-refractivity contribution in [2.24, 2.45) is 0 Å². The molecular formula is C15H14BrNO5. The van der Waals surface area contributed by atoms with Crippen molar-refractivity contribution in [2.75, 3.05) is 13.7 Å². The number of furan rings is 1. The minimum Gasteiger partial charge on any atom is -0.496 e. The number of benzene rings is 1. The van der Waals surface area contributed by atoms with Crippen LogP contribution in [0.2, 0.25) is 0 Å². The molecule has 2 rings (SSSR count). The van der Waals surface area contributed by atoms with Gasteiger partial charge >= 0.3 is 5.97 Å². The maximum Gasteiger partial charge on any atom is 0.338 e. The van der Waals surface area contributed by atoms with E-state index in [9.17, 15) is 9.59 Å². The number of rotatable bonds is 6. The molecule has 1 heterocycles. The number of amides is 1. The molecule has 7 heteroatoms. The summed E-state index contributed by atoms with van der Waals surface area (Å²) in [5, 5.41) is 2.58. The van der Waals surface area contributed by atoms with Gasteiger partial charge in [0.25, 0.3) is 5.91 Å². The maximum absolute atomic E-state index is 11.9. The van der Waals surface area contributed by atoms with E-state index in [1.165, 1.54) is 13.4 Å². The number of nitrogens with one attached hydrogen (secondary N) is 1. The first-order valence-corrected chi connectivity index (χ1v) is 7.19. The Kier molecular flexibility index (Phi) is 5.60. The van der Waals surface area contributed by atoms with E-state index in [1.807, 2.05) is 0 Å². The van der Waals surface area contributed by atoms with Gasteiger partial charge in [0.05, 0.1) is 30.0 Å². The summed E-state index contributed by atoms with van der Waals surface area (Å²) in [6.45, 7) is -0.110. The molecule has 0 unspecified atom stereocenters. The number of hydrogen-bond donors (Lipinski definition) is 1. The van der Waals surface area contributed by atoms with Gasteiger partial charge in [-0.25, -0.2) is 4.79 Å². The molecule has 1 aromatic heterocycles. The molecule has 0 atom stereocenters. The molecule has 116 valence electrons. The third-order valence-electron chi connectivity index (χ3n) is 2.76. The summed E-state index contributed by atoms with van der Waals surface area (Å²) in [6.07, 6.45) is 1.52. The molecule has 22 heavy (non-hydrogen) atoms. The molecule has 1 aromatic carbocycles. The molecule has 2 aromatic rings.